The van der Waals surface area contributed by atoms with Crippen LogP contribution >= 0.6 is 0 Å². The predicted octanol–water partition coefficient (Wildman–Crippen LogP) is 1.69. The average Bonchev–Trinajstić information content (AvgIpc) is 2.33. The van der Waals surface area contributed by atoms with Gasteiger partial charge in [-0.25, -0.2) is 4.79 Å². The minimum atomic E-state index is -0.670. The third kappa shape index (κ3) is 7.74. The lowest BCUT2D eigenvalue weighted by Gasteiger charge is -2.14. The molecule has 0 saturated carbocycles. The zero-order valence-corrected chi connectivity index (χ0v) is 10.9. The molecule has 1 atom stereocenters. The molecule has 100 valence electrons. The van der Waals surface area contributed by atoms with Gasteiger partial charge >= 0.3 is 11.9 Å². The molecule has 1 unspecified atom stereocenters. The first kappa shape index (κ1) is 15.9. The molecule has 5 heteroatoms. The average molecular weight is 246 g/mol. The van der Waals surface area contributed by atoms with Gasteiger partial charge in [0.15, 0.2) is 6.10 Å². The lowest BCUT2D eigenvalue weighted by atomic mass is 10.2. The van der Waals surface area contributed by atoms with Gasteiger partial charge in [-0.3, -0.25) is 4.79 Å². The lowest BCUT2D eigenvalue weighted by Crippen LogP contribution is -2.27. The normalized spacial score (nSPS) is 11.9. The minimum absolute atomic E-state index is 0.166. The first-order chi connectivity index (χ1) is 8.15. The second-order valence-corrected chi connectivity index (χ2v) is 3.58. The van der Waals surface area contributed by atoms with Gasteiger partial charge in [-0.1, -0.05) is 13.3 Å². The molecule has 0 radical (unpaired) electrons. The maximum atomic E-state index is 11.4. The molecule has 17 heavy (non-hydrogen) atoms. The smallest absolute Gasteiger partial charge is 0.334 e. The number of unbranched alkanes of at least 4 members (excludes halogenated alkanes) is 1. The fourth-order valence-electron chi connectivity index (χ4n) is 1.25. The monoisotopic (exact) mass is 246 g/mol. The summed E-state index contributed by atoms with van der Waals surface area (Å²) in [5.74, 6) is -0.758. The molecule has 0 bridgehead atoms. The van der Waals surface area contributed by atoms with Crippen molar-refractivity contribution in [1.29, 1.82) is 0 Å². The molecule has 0 aromatic heterocycles. The van der Waals surface area contributed by atoms with Crippen molar-refractivity contribution in [2.45, 2.75) is 45.6 Å². The van der Waals surface area contributed by atoms with E-state index in [1.807, 2.05) is 6.92 Å². The Kier molecular flexibility index (Phi) is 9.43. The Labute approximate surface area is 102 Å². The number of carbonyl (C=O) groups excluding carboxylic acids is 2. The maximum Gasteiger partial charge on any atom is 0.334 e. The van der Waals surface area contributed by atoms with E-state index in [1.165, 1.54) is 7.11 Å². The van der Waals surface area contributed by atoms with Gasteiger partial charge < -0.3 is 14.2 Å². The molecule has 0 aliphatic heterocycles. The summed E-state index contributed by atoms with van der Waals surface area (Å²) in [6.07, 6.45) is 1.67. The van der Waals surface area contributed by atoms with Crippen molar-refractivity contribution in [2.24, 2.45) is 0 Å². The van der Waals surface area contributed by atoms with Crippen LogP contribution in [0.5, 0.6) is 0 Å². The summed E-state index contributed by atoms with van der Waals surface area (Å²) in [6.45, 7) is 4.63. The van der Waals surface area contributed by atoms with E-state index in [9.17, 15) is 9.59 Å². The molecule has 0 spiro atoms. The number of hydrogen-bond donors (Lipinski definition) is 0. The highest BCUT2D eigenvalue weighted by Crippen LogP contribution is 2.07. The van der Waals surface area contributed by atoms with Gasteiger partial charge in [-0.15, -0.1) is 0 Å². The van der Waals surface area contributed by atoms with Gasteiger partial charge in [0.25, 0.3) is 0 Å². The first-order valence-corrected chi connectivity index (χ1v) is 6.00. The molecule has 0 N–H and O–H groups in total. The standard InChI is InChI=1S/C12H22O5/c1-4-6-9-17-10(12(14)15-3)7-8-11(13)16-5-2/h10H,4-9H2,1-3H3. The van der Waals surface area contributed by atoms with Crippen LogP contribution in [0.4, 0.5) is 0 Å². The number of hydrogen-bond acceptors (Lipinski definition) is 5. The second-order valence-electron chi connectivity index (χ2n) is 3.58. The van der Waals surface area contributed by atoms with Crippen molar-refractivity contribution in [1.82, 2.24) is 0 Å². The third-order valence-corrected chi connectivity index (χ3v) is 2.20. The molecule has 0 aromatic carbocycles. The fourth-order valence-corrected chi connectivity index (χ4v) is 1.25. The molecular weight excluding hydrogens is 224 g/mol. The maximum absolute atomic E-state index is 11.4. The number of methoxy groups -OCH3 is 1. The van der Waals surface area contributed by atoms with Gasteiger partial charge in [-0.05, 0) is 19.8 Å². The van der Waals surface area contributed by atoms with Crippen LogP contribution < -0.4 is 0 Å². The van der Waals surface area contributed by atoms with E-state index in [2.05, 4.69) is 4.74 Å². The highest BCUT2D eigenvalue weighted by atomic mass is 16.6. The summed E-state index contributed by atoms with van der Waals surface area (Å²) in [6, 6.07) is 0. The predicted molar refractivity (Wildman–Crippen MR) is 62.5 cm³/mol. The summed E-state index contributed by atoms with van der Waals surface area (Å²) in [4.78, 5) is 22.5. The topological polar surface area (TPSA) is 61.8 Å². The molecule has 0 saturated heterocycles. The van der Waals surface area contributed by atoms with Gasteiger partial charge in [0.2, 0.25) is 0 Å². The Balaban J connectivity index is 4.01. The SMILES string of the molecule is CCCCOC(CCC(=O)OCC)C(=O)OC. The van der Waals surface area contributed by atoms with E-state index in [1.54, 1.807) is 6.92 Å². The van der Waals surface area contributed by atoms with E-state index < -0.39 is 12.1 Å². The molecule has 0 aromatic rings. The fraction of sp³-hybridized carbons (Fsp3) is 0.833. The number of rotatable bonds is 9. The second kappa shape index (κ2) is 10.1. The van der Waals surface area contributed by atoms with Crippen molar-refractivity contribution >= 4 is 11.9 Å². The van der Waals surface area contributed by atoms with E-state index in [-0.39, 0.29) is 12.4 Å². The van der Waals surface area contributed by atoms with E-state index in [0.29, 0.717) is 19.6 Å². The number of carbonyl (C=O) groups is 2. The van der Waals surface area contributed by atoms with Crippen molar-refractivity contribution in [3.8, 4) is 0 Å². The zero-order chi connectivity index (χ0) is 13.1. The molecule has 0 aliphatic carbocycles. The van der Waals surface area contributed by atoms with Gasteiger partial charge in [0, 0.05) is 13.0 Å². The van der Waals surface area contributed by atoms with Crippen LogP contribution in [0, 0.1) is 0 Å². The van der Waals surface area contributed by atoms with Crippen molar-refractivity contribution in [3.63, 3.8) is 0 Å². The van der Waals surface area contributed by atoms with Crippen LogP contribution in [-0.4, -0.2) is 38.4 Å². The van der Waals surface area contributed by atoms with Crippen molar-refractivity contribution in [3.05, 3.63) is 0 Å². The van der Waals surface area contributed by atoms with Crippen LogP contribution in [0.3, 0.4) is 0 Å². The Hall–Kier alpha value is -1.10. The summed E-state index contributed by atoms with van der Waals surface area (Å²) < 4.78 is 14.8. The summed E-state index contributed by atoms with van der Waals surface area (Å²) in [5, 5.41) is 0. The quantitative estimate of drug-likeness (QED) is 0.457. The van der Waals surface area contributed by atoms with Crippen LogP contribution in [-0.2, 0) is 23.8 Å². The lowest BCUT2D eigenvalue weighted by molar-refractivity contribution is -0.155. The number of ether oxygens (including phenoxy) is 3. The summed E-state index contributed by atoms with van der Waals surface area (Å²) in [7, 11) is 1.31. The Morgan fingerprint density at radius 2 is 1.94 bits per heavy atom. The molecule has 5 nitrogen and oxygen atoms in total. The largest absolute Gasteiger partial charge is 0.467 e. The van der Waals surface area contributed by atoms with Crippen LogP contribution in [0.1, 0.15) is 39.5 Å². The highest BCUT2D eigenvalue weighted by Gasteiger charge is 2.21. The number of esters is 2. The first-order valence-electron chi connectivity index (χ1n) is 6.00. The molecule has 0 rings (SSSR count). The van der Waals surface area contributed by atoms with Gasteiger partial charge in [0.05, 0.1) is 13.7 Å². The highest BCUT2D eigenvalue weighted by molar-refractivity contribution is 5.76. The summed E-state index contributed by atoms with van der Waals surface area (Å²) >= 11 is 0. The van der Waals surface area contributed by atoms with E-state index >= 15 is 0 Å². The van der Waals surface area contributed by atoms with Crippen LogP contribution in [0.25, 0.3) is 0 Å². The molecular formula is C12H22O5. The Bertz CT molecular complexity index is 227. The third-order valence-electron chi connectivity index (χ3n) is 2.20. The van der Waals surface area contributed by atoms with Gasteiger partial charge in [-0.2, -0.15) is 0 Å². The molecule has 0 fully saturated rings. The molecule has 0 heterocycles. The Morgan fingerprint density at radius 1 is 1.24 bits per heavy atom. The van der Waals surface area contributed by atoms with Crippen LogP contribution in [0.15, 0.2) is 0 Å². The molecule has 0 amide bonds. The van der Waals surface area contributed by atoms with Crippen LogP contribution in [0.2, 0.25) is 0 Å². The van der Waals surface area contributed by atoms with E-state index in [0.717, 1.165) is 12.8 Å². The van der Waals surface area contributed by atoms with Crippen molar-refractivity contribution in [2.75, 3.05) is 20.3 Å². The van der Waals surface area contributed by atoms with Crippen molar-refractivity contribution < 1.29 is 23.8 Å². The zero-order valence-electron chi connectivity index (χ0n) is 10.9. The molecule has 0 aliphatic rings. The van der Waals surface area contributed by atoms with Gasteiger partial charge in [0.1, 0.15) is 0 Å². The minimum Gasteiger partial charge on any atom is -0.467 e. The Morgan fingerprint density at radius 3 is 2.47 bits per heavy atom. The van der Waals surface area contributed by atoms with E-state index in [4.69, 9.17) is 9.47 Å². The summed E-state index contributed by atoms with van der Waals surface area (Å²) in [5.41, 5.74) is 0.